The maximum absolute atomic E-state index is 13.9. The smallest absolute Gasteiger partial charge is 0.247 e. The van der Waals surface area contributed by atoms with Crippen LogP contribution in [-0.2, 0) is 16.1 Å². The SMILES string of the molecule is CCCCCCCC(=O)N(Cc1ccc2c(c1)OCO2)C1C=C(C(=O)NCCO)C2c3cc(C=O)cc(OC)c3OC2C1O. The number of amides is 2. The first-order chi connectivity index (χ1) is 21.4. The quantitative estimate of drug-likeness (QED) is 0.218. The van der Waals surface area contributed by atoms with Gasteiger partial charge in [-0.15, -0.1) is 0 Å². The van der Waals surface area contributed by atoms with Crippen molar-refractivity contribution in [1.29, 1.82) is 0 Å². The highest BCUT2D eigenvalue weighted by Gasteiger charge is 2.51. The van der Waals surface area contributed by atoms with Crippen LogP contribution in [0.3, 0.4) is 0 Å². The van der Waals surface area contributed by atoms with E-state index in [-0.39, 0.29) is 44.4 Å². The number of rotatable bonds is 14. The third kappa shape index (κ3) is 6.39. The number of ether oxygens (including phenoxy) is 4. The van der Waals surface area contributed by atoms with Crippen molar-refractivity contribution in [3.8, 4) is 23.0 Å². The second-order valence-corrected chi connectivity index (χ2v) is 11.3. The predicted molar refractivity (Wildman–Crippen MR) is 160 cm³/mol. The third-order valence-electron chi connectivity index (χ3n) is 8.38. The summed E-state index contributed by atoms with van der Waals surface area (Å²) in [5.74, 6) is 0.464. The number of methoxy groups -OCH3 is 1. The Hall–Kier alpha value is -4.09. The van der Waals surface area contributed by atoms with Gasteiger partial charge in [0.2, 0.25) is 18.6 Å². The maximum atomic E-state index is 13.9. The Kier molecular flexibility index (Phi) is 10.1. The van der Waals surface area contributed by atoms with E-state index in [1.807, 2.05) is 12.1 Å². The topological polar surface area (TPSA) is 144 Å². The molecule has 0 spiro atoms. The second-order valence-electron chi connectivity index (χ2n) is 11.3. The van der Waals surface area contributed by atoms with Crippen LogP contribution in [0.15, 0.2) is 42.0 Å². The van der Waals surface area contributed by atoms with E-state index >= 15 is 0 Å². The number of aliphatic hydroxyl groups is 2. The van der Waals surface area contributed by atoms with Crippen molar-refractivity contribution in [3.63, 3.8) is 0 Å². The van der Waals surface area contributed by atoms with Gasteiger partial charge in [0.25, 0.3) is 0 Å². The fourth-order valence-corrected chi connectivity index (χ4v) is 6.18. The molecule has 3 aliphatic rings. The zero-order chi connectivity index (χ0) is 31.2. The molecule has 0 saturated heterocycles. The molecule has 0 fully saturated rings. The molecule has 11 nitrogen and oxygen atoms in total. The van der Waals surface area contributed by atoms with Gasteiger partial charge in [0.05, 0.1) is 25.7 Å². The normalized spacial score (nSPS) is 21.0. The van der Waals surface area contributed by atoms with Gasteiger partial charge in [0.1, 0.15) is 18.5 Å². The van der Waals surface area contributed by atoms with Crippen molar-refractivity contribution in [3.05, 3.63) is 58.7 Å². The summed E-state index contributed by atoms with van der Waals surface area (Å²) in [4.78, 5) is 40.8. The molecule has 11 heteroatoms. The Labute approximate surface area is 256 Å². The lowest BCUT2D eigenvalue weighted by Crippen LogP contribution is -2.55. The summed E-state index contributed by atoms with van der Waals surface area (Å²) >= 11 is 0. The van der Waals surface area contributed by atoms with Crippen LogP contribution in [0, 0.1) is 0 Å². The molecule has 2 aromatic rings. The van der Waals surface area contributed by atoms with Crippen molar-refractivity contribution in [1.82, 2.24) is 10.2 Å². The number of hydrogen-bond donors (Lipinski definition) is 3. The van der Waals surface area contributed by atoms with Crippen molar-refractivity contribution < 1.29 is 43.5 Å². The highest BCUT2D eigenvalue weighted by atomic mass is 16.7. The molecule has 44 heavy (non-hydrogen) atoms. The molecule has 3 N–H and O–H groups in total. The third-order valence-corrected chi connectivity index (χ3v) is 8.38. The molecule has 1 aliphatic carbocycles. The van der Waals surface area contributed by atoms with Crippen molar-refractivity contribution in [2.75, 3.05) is 27.1 Å². The lowest BCUT2D eigenvalue weighted by molar-refractivity contribution is -0.138. The minimum Gasteiger partial charge on any atom is -0.493 e. The van der Waals surface area contributed by atoms with E-state index in [4.69, 9.17) is 18.9 Å². The molecule has 0 bridgehead atoms. The average molecular weight is 609 g/mol. The number of fused-ring (bicyclic) bond motifs is 4. The summed E-state index contributed by atoms with van der Waals surface area (Å²) in [6.07, 6.45) is 5.27. The average Bonchev–Trinajstić information content (AvgIpc) is 3.67. The van der Waals surface area contributed by atoms with Crippen LogP contribution in [0.1, 0.15) is 72.9 Å². The Morgan fingerprint density at radius 1 is 1.11 bits per heavy atom. The number of benzene rings is 2. The Bertz CT molecular complexity index is 1410. The van der Waals surface area contributed by atoms with Gasteiger partial charge in [-0.1, -0.05) is 38.7 Å². The first-order valence-electron chi connectivity index (χ1n) is 15.2. The largest absolute Gasteiger partial charge is 0.493 e. The van der Waals surface area contributed by atoms with Crippen LogP contribution in [0.5, 0.6) is 23.0 Å². The van der Waals surface area contributed by atoms with Crippen LogP contribution in [0.25, 0.3) is 0 Å². The fraction of sp³-hybridized carbons (Fsp3) is 0.485. The summed E-state index contributed by atoms with van der Waals surface area (Å²) in [5, 5.41) is 24.0. The van der Waals surface area contributed by atoms with Crippen LogP contribution in [0.2, 0.25) is 0 Å². The summed E-state index contributed by atoms with van der Waals surface area (Å²) < 4.78 is 22.8. The van der Waals surface area contributed by atoms with Crippen LogP contribution in [0.4, 0.5) is 0 Å². The van der Waals surface area contributed by atoms with Crippen LogP contribution < -0.4 is 24.3 Å². The van der Waals surface area contributed by atoms with Crippen molar-refractivity contribution >= 4 is 18.1 Å². The maximum Gasteiger partial charge on any atom is 0.247 e. The summed E-state index contributed by atoms with van der Waals surface area (Å²) in [5.41, 5.74) is 1.91. The van der Waals surface area contributed by atoms with E-state index in [0.717, 1.165) is 31.2 Å². The van der Waals surface area contributed by atoms with Gasteiger partial charge < -0.3 is 39.4 Å². The fourth-order valence-electron chi connectivity index (χ4n) is 6.18. The molecule has 2 amide bonds. The van der Waals surface area contributed by atoms with E-state index in [9.17, 15) is 24.6 Å². The summed E-state index contributed by atoms with van der Waals surface area (Å²) in [6, 6.07) is 7.70. The van der Waals surface area contributed by atoms with E-state index < -0.39 is 30.1 Å². The van der Waals surface area contributed by atoms with Gasteiger partial charge in [-0.25, -0.2) is 0 Å². The second kappa shape index (κ2) is 14.1. The number of aldehydes is 1. The highest BCUT2D eigenvalue weighted by Crippen LogP contribution is 2.51. The van der Waals surface area contributed by atoms with E-state index in [1.165, 1.54) is 13.2 Å². The molecule has 2 aromatic carbocycles. The highest BCUT2D eigenvalue weighted by molar-refractivity contribution is 5.96. The Morgan fingerprint density at radius 3 is 2.66 bits per heavy atom. The lowest BCUT2D eigenvalue weighted by atomic mass is 9.77. The van der Waals surface area contributed by atoms with Crippen molar-refractivity contribution in [2.45, 2.75) is 76.2 Å². The summed E-state index contributed by atoms with van der Waals surface area (Å²) in [6.45, 7) is 2.16. The van der Waals surface area contributed by atoms with Crippen LogP contribution >= 0.6 is 0 Å². The minimum atomic E-state index is -1.22. The van der Waals surface area contributed by atoms with Gasteiger partial charge in [-0.2, -0.15) is 0 Å². The molecule has 2 aliphatic heterocycles. The number of nitrogens with one attached hydrogen (secondary N) is 1. The molecule has 4 unspecified atom stereocenters. The first-order valence-corrected chi connectivity index (χ1v) is 15.2. The van der Waals surface area contributed by atoms with Gasteiger partial charge >= 0.3 is 0 Å². The van der Waals surface area contributed by atoms with Crippen LogP contribution in [-0.4, -0.2) is 78.5 Å². The number of carbonyl (C=O) groups excluding carboxylic acids is 3. The molecular formula is C33H40N2O9. The molecular weight excluding hydrogens is 568 g/mol. The van der Waals surface area contributed by atoms with E-state index in [2.05, 4.69) is 12.2 Å². The molecule has 0 aromatic heterocycles. The zero-order valence-corrected chi connectivity index (χ0v) is 25.1. The first kappa shape index (κ1) is 31.3. The number of nitrogens with zero attached hydrogens (tertiary/aromatic N) is 1. The zero-order valence-electron chi connectivity index (χ0n) is 25.1. The number of aliphatic hydroxyl groups excluding tert-OH is 2. The van der Waals surface area contributed by atoms with Gasteiger partial charge in [0.15, 0.2) is 23.0 Å². The molecule has 0 saturated carbocycles. The number of unbranched alkanes of at least 4 members (excludes halogenated alkanes) is 4. The summed E-state index contributed by atoms with van der Waals surface area (Å²) in [7, 11) is 1.45. The molecule has 2 heterocycles. The molecule has 5 rings (SSSR count). The van der Waals surface area contributed by atoms with E-state index in [1.54, 1.807) is 23.1 Å². The Balaban J connectivity index is 1.53. The number of carbonyl (C=O) groups is 3. The Morgan fingerprint density at radius 2 is 1.91 bits per heavy atom. The predicted octanol–water partition coefficient (Wildman–Crippen LogP) is 3.25. The van der Waals surface area contributed by atoms with Gasteiger partial charge in [-0.05, 0) is 42.3 Å². The molecule has 0 radical (unpaired) electrons. The molecule has 4 atom stereocenters. The molecule has 236 valence electrons. The minimum absolute atomic E-state index is 0.0177. The number of hydrogen-bond acceptors (Lipinski definition) is 9. The van der Waals surface area contributed by atoms with Gasteiger partial charge in [0, 0.05) is 36.2 Å². The standard InChI is InChI=1S/C33H40N2O9/c1-3-4-5-6-7-8-28(38)35(17-20-9-10-25-26(14-20)43-19-42-25)24-16-23(33(40)34-11-12-36)29-22-13-21(18-37)15-27(41-2)31(22)44-32(29)30(24)39/h9-10,13-16,18,24,29-30,32,36,39H,3-8,11-12,17,19H2,1-2H3,(H,34,40). The van der Waals surface area contributed by atoms with E-state index in [0.29, 0.717) is 46.8 Å². The van der Waals surface area contributed by atoms with Crippen molar-refractivity contribution in [2.24, 2.45) is 0 Å². The monoisotopic (exact) mass is 608 g/mol. The lowest BCUT2D eigenvalue weighted by Gasteiger charge is -2.41. The van der Waals surface area contributed by atoms with Gasteiger partial charge in [-0.3, -0.25) is 14.4 Å².